The third-order valence-electron chi connectivity index (χ3n) is 2.70. The van der Waals surface area contributed by atoms with E-state index in [2.05, 4.69) is 15.2 Å². The maximum atomic E-state index is 11.5. The predicted molar refractivity (Wildman–Crippen MR) is 74.2 cm³/mol. The van der Waals surface area contributed by atoms with Gasteiger partial charge >= 0.3 is 0 Å². The second-order valence-electron chi connectivity index (χ2n) is 4.01. The number of pyridine rings is 1. The molecule has 2 aromatic rings. The van der Waals surface area contributed by atoms with Crippen molar-refractivity contribution in [2.24, 2.45) is 0 Å². The van der Waals surface area contributed by atoms with Crippen LogP contribution in [0.5, 0.6) is 0 Å². The molecule has 2 heterocycles. The van der Waals surface area contributed by atoms with Crippen molar-refractivity contribution >= 4 is 23.0 Å². The minimum absolute atomic E-state index is 0.0230. The van der Waals surface area contributed by atoms with Crippen LogP contribution in [0.3, 0.4) is 0 Å². The minimum Gasteiger partial charge on any atom is -0.299 e. The van der Waals surface area contributed by atoms with Gasteiger partial charge in [0.25, 0.3) is 0 Å². The first-order valence-corrected chi connectivity index (χ1v) is 7.50. The van der Waals surface area contributed by atoms with E-state index in [1.54, 1.807) is 18.6 Å². The van der Waals surface area contributed by atoms with Gasteiger partial charge in [-0.1, -0.05) is 0 Å². The van der Waals surface area contributed by atoms with Gasteiger partial charge < -0.3 is 0 Å². The average Bonchev–Trinajstić information content (AvgIpc) is 2.72. The second-order valence-corrected chi connectivity index (χ2v) is 6.20. The quantitative estimate of drug-likeness (QED) is 0.868. The summed E-state index contributed by atoms with van der Waals surface area (Å²) in [6, 6.07) is 3.74. The first-order valence-electron chi connectivity index (χ1n) is 5.47. The second kappa shape index (κ2) is 5.53. The van der Waals surface area contributed by atoms with Gasteiger partial charge in [0.15, 0.2) is 10.6 Å². The molecule has 0 aliphatic rings. The van der Waals surface area contributed by atoms with E-state index in [0.29, 0.717) is 11.3 Å². The van der Waals surface area contributed by atoms with Gasteiger partial charge in [-0.05, 0) is 31.3 Å². The normalized spacial score (nSPS) is 14.3. The van der Waals surface area contributed by atoms with Crippen molar-refractivity contribution in [2.45, 2.75) is 18.7 Å². The molecule has 1 N–H and O–H groups in total. The highest BCUT2D eigenvalue weighted by Gasteiger charge is 2.13. The number of aromatic nitrogens is 4. The van der Waals surface area contributed by atoms with E-state index in [4.69, 9.17) is 12.2 Å². The third kappa shape index (κ3) is 2.73. The molecule has 0 aromatic carbocycles. The van der Waals surface area contributed by atoms with Gasteiger partial charge in [0.2, 0.25) is 0 Å². The lowest BCUT2D eigenvalue weighted by Crippen LogP contribution is -2.18. The molecular weight excluding hydrogens is 268 g/mol. The molecule has 2 aromatic heterocycles. The van der Waals surface area contributed by atoms with E-state index in [-0.39, 0.29) is 5.25 Å². The van der Waals surface area contributed by atoms with Gasteiger partial charge in [0, 0.05) is 46.8 Å². The molecule has 0 fully saturated rings. The maximum absolute atomic E-state index is 11.5. The highest BCUT2D eigenvalue weighted by molar-refractivity contribution is 7.84. The Bertz CT molecular complexity index is 605. The topological polar surface area (TPSA) is 63.6 Å². The summed E-state index contributed by atoms with van der Waals surface area (Å²) >= 11 is 5.21. The smallest absolute Gasteiger partial charge is 0.195 e. The Morgan fingerprint density at radius 2 is 2.17 bits per heavy atom. The van der Waals surface area contributed by atoms with E-state index in [0.717, 1.165) is 11.4 Å². The molecule has 5 nitrogen and oxygen atoms in total. The Kier molecular flexibility index (Phi) is 4.03. The van der Waals surface area contributed by atoms with Crippen LogP contribution in [0.15, 0.2) is 24.5 Å². The van der Waals surface area contributed by atoms with Crippen LogP contribution >= 0.6 is 12.2 Å². The predicted octanol–water partition coefficient (Wildman–Crippen LogP) is 1.77. The highest BCUT2D eigenvalue weighted by atomic mass is 32.2. The van der Waals surface area contributed by atoms with Crippen LogP contribution in [0.1, 0.15) is 6.92 Å². The van der Waals surface area contributed by atoms with Crippen LogP contribution in [0.2, 0.25) is 0 Å². The number of aromatic amines is 1. The average molecular weight is 282 g/mol. The standard InChI is InChI=1S/C11H14N4OS2/c1-8(18(2)16)7-15-10(13-14-11(15)17)9-3-5-12-6-4-9/h3-6,8H,7H2,1-2H3,(H,14,17). The number of nitrogens with zero attached hydrogens (tertiary/aromatic N) is 3. The van der Waals surface area contributed by atoms with Gasteiger partial charge in [-0.2, -0.15) is 5.10 Å². The summed E-state index contributed by atoms with van der Waals surface area (Å²) in [5, 5.41) is 7.02. The summed E-state index contributed by atoms with van der Waals surface area (Å²) in [5.74, 6) is 0.750. The maximum Gasteiger partial charge on any atom is 0.195 e. The minimum atomic E-state index is -0.889. The van der Waals surface area contributed by atoms with Gasteiger partial charge in [-0.25, -0.2) is 0 Å². The lowest BCUT2D eigenvalue weighted by Gasteiger charge is -2.11. The Morgan fingerprint density at radius 3 is 2.78 bits per heavy atom. The van der Waals surface area contributed by atoms with Gasteiger partial charge in [0.05, 0.1) is 0 Å². The fourth-order valence-electron chi connectivity index (χ4n) is 1.57. The first kappa shape index (κ1) is 13.1. The molecular formula is C11H14N4OS2. The molecule has 0 aliphatic carbocycles. The van der Waals surface area contributed by atoms with Crippen LogP contribution < -0.4 is 0 Å². The number of hydrogen-bond acceptors (Lipinski definition) is 4. The summed E-state index contributed by atoms with van der Waals surface area (Å²) < 4.78 is 13.9. The van der Waals surface area contributed by atoms with Crippen molar-refractivity contribution in [3.05, 3.63) is 29.3 Å². The number of H-pyrrole nitrogens is 1. The fraction of sp³-hybridized carbons (Fsp3) is 0.364. The molecule has 2 atom stereocenters. The molecule has 0 saturated carbocycles. The molecule has 0 bridgehead atoms. The first-order chi connectivity index (χ1) is 8.59. The Balaban J connectivity index is 2.40. The van der Waals surface area contributed by atoms with Crippen molar-refractivity contribution in [3.8, 4) is 11.4 Å². The van der Waals surface area contributed by atoms with Crippen molar-refractivity contribution in [3.63, 3.8) is 0 Å². The SMILES string of the molecule is CC(Cn1c(-c2ccncc2)n[nH]c1=S)S(C)=O. The summed E-state index contributed by atoms with van der Waals surface area (Å²) in [6.45, 7) is 2.51. The molecule has 0 saturated heterocycles. The Labute approximate surface area is 113 Å². The molecule has 96 valence electrons. The van der Waals surface area contributed by atoms with Crippen LogP contribution in [0, 0.1) is 4.77 Å². The molecule has 2 unspecified atom stereocenters. The van der Waals surface area contributed by atoms with E-state index < -0.39 is 10.8 Å². The summed E-state index contributed by atoms with van der Waals surface area (Å²) in [6.07, 6.45) is 5.11. The lowest BCUT2D eigenvalue weighted by atomic mass is 10.2. The zero-order valence-electron chi connectivity index (χ0n) is 10.2. The van der Waals surface area contributed by atoms with Gasteiger partial charge in [-0.15, -0.1) is 0 Å². The lowest BCUT2D eigenvalue weighted by molar-refractivity contribution is 0.641. The van der Waals surface area contributed by atoms with Crippen molar-refractivity contribution in [1.29, 1.82) is 0 Å². The summed E-state index contributed by atoms with van der Waals surface area (Å²) in [4.78, 5) is 3.97. The third-order valence-corrected chi connectivity index (χ3v) is 4.30. The molecule has 2 rings (SSSR count). The number of hydrogen-bond donors (Lipinski definition) is 1. The van der Waals surface area contributed by atoms with Crippen molar-refractivity contribution in [1.82, 2.24) is 19.7 Å². The largest absolute Gasteiger partial charge is 0.299 e. The van der Waals surface area contributed by atoms with Crippen LogP contribution in [-0.4, -0.2) is 35.5 Å². The fourth-order valence-corrected chi connectivity index (χ4v) is 2.14. The van der Waals surface area contributed by atoms with Crippen molar-refractivity contribution < 1.29 is 4.21 Å². The molecule has 18 heavy (non-hydrogen) atoms. The molecule has 0 aliphatic heterocycles. The zero-order valence-corrected chi connectivity index (χ0v) is 11.8. The Morgan fingerprint density at radius 1 is 1.50 bits per heavy atom. The number of nitrogens with one attached hydrogen (secondary N) is 1. The van der Waals surface area contributed by atoms with Crippen LogP contribution in [0.25, 0.3) is 11.4 Å². The van der Waals surface area contributed by atoms with Gasteiger partial charge in [0.1, 0.15) is 0 Å². The Hall–Kier alpha value is -1.34. The van der Waals surface area contributed by atoms with Gasteiger partial charge in [-0.3, -0.25) is 18.9 Å². The molecule has 0 radical (unpaired) electrons. The van der Waals surface area contributed by atoms with E-state index >= 15 is 0 Å². The monoisotopic (exact) mass is 282 g/mol. The summed E-state index contributed by atoms with van der Waals surface area (Å²) in [5.41, 5.74) is 0.937. The van der Waals surface area contributed by atoms with Crippen molar-refractivity contribution in [2.75, 3.05) is 6.26 Å². The molecule has 0 amide bonds. The highest BCUT2D eigenvalue weighted by Crippen LogP contribution is 2.16. The van der Waals surface area contributed by atoms with E-state index in [1.165, 1.54) is 0 Å². The number of rotatable bonds is 4. The molecule has 7 heteroatoms. The van der Waals surface area contributed by atoms with E-state index in [9.17, 15) is 4.21 Å². The summed E-state index contributed by atoms with van der Waals surface area (Å²) in [7, 11) is -0.889. The zero-order chi connectivity index (χ0) is 13.1. The van der Waals surface area contributed by atoms with E-state index in [1.807, 2.05) is 23.6 Å². The molecule has 0 spiro atoms. The van der Waals surface area contributed by atoms with Crippen LogP contribution in [0.4, 0.5) is 0 Å². The van der Waals surface area contributed by atoms with Crippen LogP contribution in [-0.2, 0) is 17.3 Å².